The lowest BCUT2D eigenvalue weighted by molar-refractivity contribution is -0.118. The predicted molar refractivity (Wildman–Crippen MR) is 71.7 cm³/mol. The highest BCUT2D eigenvalue weighted by Crippen LogP contribution is 2.31. The largest absolute Gasteiger partial charge is 0.354 e. The summed E-state index contributed by atoms with van der Waals surface area (Å²) in [5.41, 5.74) is 1.31. The molecule has 0 aromatic heterocycles. The molecule has 1 aliphatic heterocycles. The van der Waals surface area contributed by atoms with Gasteiger partial charge in [-0.1, -0.05) is 28.1 Å². The number of carbonyl (C=O) groups is 1. The Bertz CT molecular complexity index is 381. The Balaban J connectivity index is 2.03. The summed E-state index contributed by atoms with van der Waals surface area (Å²) in [7, 11) is 0. The van der Waals surface area contributed by atoms with Crippen molar-refractivity contribution in [3.05, 3.63) is 34.3 Å². The minimum atomic E-state index is 0.127. The van der Waals surface area contributed by atoms with Crippen LogP contribution in [0.1, 0.15) is 12.5 Å². The summed E-state index contributed by atoms with van der Waals surface area (Å²) < 4.78 is 1.23. The zero-order valence-electron chi connectivity index (χ0n) is 9.13. The Morgan fingerprint density at radius 3 is 2.69 bits per heavy atom. The van der Waals surface area contributed by atoms with Crippen molar-refractivity contribution in [3.63, 3.8) is 0 Å². The van der Waals surface area contributed by atoms with Crippen LogP contribution in [0.15, 0.2) is 28.7 Å². The number of carbonyl (C=O) groups excluding carboxylic acids is 1. The number of halogens is 1. The van der Waals surface area contributed by atoms with Crippen LogP contribution in [-0.2, 0) is 11.2 Å². The Labute approximate surface area is 108 Å². The van der Waals surface area contributed by atoms with E-state index in [-0.39, 0.29) is 10.7 Å². The molecule has 2 rings (SSSR count). The summed E-state index contributed by atoms with van der Waals surface area (Å²) in [6, 6.07) is 8.38. The second kappa shape index (κ2) is 4.80. The lowest BCUT2D eigenvalue weighted by Crippen LogP contribution is -2.46. The molecule has 1 aliphatic rings. The first-order chi connectivity index (χ1) is 7.57. The Morgan fingerprint density at radius 1 is 1.44 bits per heavy atom. The predicted octanol–water partition coefficient (Wildman–Crippen LogP) is 2.61. The van der Waals surface area contributed by atoms with Crippen LogP contribution in [0.2, 0.25) is 0 Å². The molecule has 0 radical (unpaired) electrons. The highest BCUT2D eigenvalue weighted by Gasteiger charge is 2.30. The molecule has 86 valence electrons. The smallest absolute Gasteiger partial charge is 0.230 e. The minimum Gasteiger partial charge on any atom is -0.354 e. The molecule has 2 nitrogen and oxygen atoms in total. The molecule has 0 aliphatic carbocycles. The molecule has 0 saturated carbocycles. The molecule has 1 N–H and O–H groups in total. The molecule has 0 spiro atoms. The molecule has 4 heteroatoms. The molecule has 1 saturated heterocycles. The average molecular weight is 300 g/mol. The zero-order valence-corrected chi connectivity index (χ0v) is 11.5. The van der Waals surface area contributed by atoms with Crippen LogP contribution in [0, 0.1) is 0 Å². The van der Waals surface area contributed by atoms with Gasteiger partial charge in [-0.25, -0.2) is 0 Å². The van der Waals surface area contributed by atoms with Gasteiger partial charge in [0.2, 0.25) is 5.91 Å². The van der Waals surface area contributed by atoms with Gasteiger partial charge < -0.3 is 5.32 Å². The fourth-order valence-electron chi connectivity index (χ4n) is 1.77. The number of rotatable bonds is 2. The molecule has 0 bridgehead atoms. The van der Waals surface area contributed by atoms with Crippen molar-refractivity contribution in [1.82, 2.24) is 5.32 Å². The maximum Gasteiger partial charge on any atom is 0.230 e. The molecule has 1 fully saturated rings. The van der Waals surface area contributed by atoms with Crippen LogP contribution in [0.4, 0.5) is 0 Å². The minimum absolute atomic E-state index is 0.127. The van der Waals surface area contributed by atoms with Gasteiger partial charge in [0.05, 0.1) is 5.75 Å². The van der Waals surface area contributed by atoms with Crippen molar-refractivity contribution < 1.29 is 4.79 Å². The first kappa shape index (κ1) is 12.0. The third-order valence-corrected chi connectivity index (χ3v) is 4.62. The molecule has 1 unspecified atom stereocenters. The number of thioether (sulfide) groups is 1. The summed E-state index contributed by atoms with van der Waals surface area (Å²) in [5.74, 6) is 0.728. The molecule has 1 aromatic rings. The van der Waals surface area contributed by atoms with E-state index in [1.807, 2.05) is 0 Å². The van der Waals surface area contributed by atoms with E-state index in [1.54, 1.807) is 11.8 Å². The number of benzene rings is 1. The van der Waals surface area contributed by atoms with Gasteiger partial charge in [-0.2, -0.15) is 0 Å². The highest BCUT2D eigenvalue weighted by atomic mass is 79.9. The van der Waals surface area contributed by atoms with Crippen molar-refractivity contribution in [2.24, 2.45) is 0 Å². The van der Waals surface area contributed by atoms with Gasteiger partial charge in [-0.15, -0.1) is 11.8 Å². The second-order valence-corrected chi connectivity index (χ2v) is 6.80. The van der Waals surface area contributed by atoms with Gasteiger partial charge in [0.25, 0.3) is 0 Å². The van der Waals surface area contributed by atoms with E-state index in [0.717, 1.165) is 17.4 Å². The van der Waals surface area contributed by atoms with E-state index in [1.165, 1.54) is 5.56 Å². The van der Waals surface area contributed by atoms with E-state index in [4.69, 9.17) is 0 Å². The number of amides is 1. The van der Waals surface area contributed by atoms with Gasteiger partial charge in [0.1, 0.15) is 0 Å². The van der Waals surface area contributed by atoms with Crippen LogP contribution < -0.4 is 5.32 Å². The molecular weight excluding hydrogens is 286 g/mol. The molecule has 1 atom stereocenters. The van der Waals surface area contributed by atoms with Crippen molar-refractivity contribution in [2.75, 3.05) is 12.3 Å². The summed E-state index contributed by atoms with van der Waals surface area (Å²) in [4.78, 5) is 11.1. The van der Waals surface area contributed by atoms with Crippen molar-refractivity contribution in [2.45, 2.75) is 18.1 Å². The average Bonchev–Trinajstić information content (AvgIpc) is 2.27. The third kappa shape index (κ3) is 3.01. The molecule has 1 aromatic carbocycles. The van der Waals surface area contributed by atoms with E-state index >= 15 is 0 Å². The summed E-state index contributed by atoms with van der Waals surface area (Å²) in [6.07, 6.45) is 0.991. The third-order valence-electron chi connectivity index (χ3n) is 2.70. The second-order valence-electron chi connectivity index (χ2n) is 4.32. The van der Waals surface area contributed by atoms with Crippen LogP contribution in [0.25, 0.3) is 0 Å². The van der Waals surface area contributed by atoms with Gasteiger partial charge in [-0.05, 0) is 31.0 Å². The van der Waals surface area contributed by atoms with E-state index in [0.29, 0.717) is 5.75 Å². The maximum atomic E-state index is 11.1. The van der Waals surface area contributed by atoms with Crippen LogP contribution in [-0.4, -0.2) is 23.0 Å². The molecule has 1 amide bonds. The maximum absolute atomic E-state index is 11.1. The first-order valence-corrected chi connectivity index (χ1v) is 7.00. The SMILES string of the molecule is CC1(Cc2ccc(Br)cc2)CNC(=O)CS1. The number of hydrogen-bond donors (Lipinski definition) is 1. The first-order valence-electron chi connectivity index (χ1n) is 5.23. The fourth-order valence-corrected chi connectivity index (χ4v) is 3.06. The van der Waals surface area contributed by atoms with E-state index in [2.05, 4.69) is 52.4 Å². The molecule has 1 heterocycles. The lowest BCUT2D eigenvalue weighted by atomic mass is 10.00. The number of nitrogens with one attached hydrogen (secondary N) is 1. The normalized spacial score (nSPS) is 25.2. The molecular formula is C12H14BrNOS. The molecule has 16 heavy (non-hydrogen) atoms. The van der Waals surface area contributed by atoms with Gasteiger partial charge in [-0.3, -0.25) is 4.79 Å². The van der Waals surface area contributed by atoms with Gasteiger partial charge in [0.15, 0.2) is 0 Å². The summed E-state index contributed by atoms with van der Waals surface area (Å²) in [5, 5.41) is 2.94. The van der Waals surface area contributed by atoms with Crippen LogP contribution >= 0.6 is 27.7 Å². The quantitative estimate of drug-likeness (QED) is 0.909. The van der Waals surface area contributed by atoms with Crippen molar-refractivity contribution >= 4 is 33.6 Å². The van der Waals surface area contributed by atoms with Crippen LogP contribution in [0.5, 0.6) is 0 Å². The zero-order chi connectivity index (χ0) is 11.6. The monoisotopic (exact) mass is 299 g/mol. The standard InChI is InChI=1S/C12H14BrNOS/c1-12(8-14-11(15)7-16-12)6-9-2-4-10(13)5-3-9/h2-5H,6-8H2,1H3,(H,14,15). The van der Waals surface area contributed by atoms with Crippen molar-refractivity contribution in [1.29, 1.82) is 0 Å². The van der Waals surface area contributed by atoms with Crippen LogP contribution in [0.3, 0.4) is 0 Å². The summed E-state index contributed by atoms with van der Waals surface area (Å²) >= 11 is 5.18. The topological polar surface area (TPSA) is 29.1 Å². The highest BCUT2D eigenvalue weighted by molar-refractivity contribution is 9.10. The summed E-state index contributed by atoms with van der Waals surface area (Å²) in [6.45, 7) is 2.96. The Morgan fingerprint density at radius 2 is 2.12 bits per heavy atom. The Kier molecular flexibility index (Phi) is 3.60. The number of hydrogen-bond acceptors (Lipinski definition) is 2. The van der Waals surface area contributed by atoms with Gasteiger partial charge in [0, 0.05) is 15.8 Å². The van der Waals surface area contributed by atoms with Crippen molar-refractivity contribution in [3.8, 4) is 0 Å². The van der Waals surface area contributed by atoms with Gasteiger partial charge >= 0.3 is 0 Å². The van der Waals surface area contributed by atoms with E-state index in [9.17, 15) is 4.79 Å². The van der Waals surface area contributed by atoms with E-state index < -0.39 is 0 Å². The Hall–Kier alpha value is -0.480. The lowest BCUT2D eigenvalue weighted by Gasteiger charge is -2.33. The fraction of sp³-hybridized carbons (Fsp3) is 0.417.